The van der Waals surface area contributed by atoms with Crippen molar-refractivity contribution in [3.63, 3.8) is 0 Å². The van der Waals surface area contributed by atoms with E-state index in [2.05, 4.69) is 16.8 Å². The maximum Gasteiger partial charge on any atom is 0.551 e. The highest BCUT2D eigenvalue weighted by Gasteiger charge is 2.17. The fourth-order valence-electron chi connectivity index (χ4n) is 3.98. The zero-order chi connectivity index (χ0) is 21.4. The number of benzene rings is 1. The number of hydrogen-bond acceptors (Lipinski definition) is 3. The average molecular weight is 420 g/mol. The number of rotatable bonds is 14. The van der Waals surface area contributed by atoms with Crippen molar-refractivity contribution in [2.75, 3.05) is 26.2 Å². The third-order valence-corrected chi connectivity index (χ3v) is 5.63. The predicted molar refractivity (Wildman–Crippen MR) is 124 cm³/mol. The van der Waals surface area contributed by atoms with Gasteiger partial charge in [0.15, 0.2) is 0 Å². The Hall–Kier alpha value is -1.75. The standard InChI is InChI=1S/C25H42N2O3/c1-3-4-5-6-7-8-9-13-19-29-24-16-14-15-23(20-24)26-25(28)30-22(2)21-27-17-11-10-12-18-27/h14-16,20,22H,3-13,17-19,21H2,1-2H3,(H,26,28)/p+1/t22-/m0/s1. The van der Waals surface area contributed by atoms with E-state index in [0.29, 0.717) is 0 Å². The van der Waals surface area contributed by atoms with E-state index >= 15 is 0 Å². The summed E-state index contributed by atoms with van der Waals surface area (Å²) < 4.78 is 11.5. The van der Waals surface area contributed by atoms with Gasteiger partial charge in [-0.15, -0.1) is 4.99 Å². The normalized spacial score (nSPS) is 16.4. The van der Waals surface area contributed by atoms with E-state index in [1.807, 2.05) is 31.2 Å². The van der Waals surface area contributed by atoms with Gasteiger partial charge in [-0.2, -0.15) is 0 Å². The third kappa shape index (κ3) is 10.9. The van der Waals surface area contributed by atoms with Crippen molar-refractivity contribution < 1.29 is 19.6 Å². The second-order valence-corrected chi connectivity index (χ2v) is 8.57. The predicted octanol–water partition coefficient (Wildman–Crippen LogP) is 4.72. The molecule has 0 aromatic heterocycles. The Labute approximate surface area is 183 Å². The second kappa shape index (κ2) is 15.1. The highest BCUT2D eigenvalue weighted by Crippen LogP contribution is 2.15. The molecular weight excluding hydrogens is 376 g/mol. The van der Waals surface area contributed by atoms with Gasteiger partial charge in [-0.25, -0.2) is 0 Å². The molecule has 170 valence electrons. The van der Waals surface area contributed by atoms with Crippen LogP contribution in [0.3, 0.4) is 0 Å². The van der Waals surface area contributed by atoms with E-state index in [1.165, 1.54) is 64.2 Å². The summed E-state index contributed by atoms with van der Waals surface area (Å²) in [6.07, 6.45) is 14.0. The van der Waals surface area contributed by atoms with Crippen LogP contribution in [0.2, 0.25) is 0 Å². The first-order valence-corrected chi connectivity index (χ1v) is 12.1. The molecular formula is C25H43N2O3+. The molecule has 1 aliphatic rings. The van der Waals surface area contributed by atoms with Gasteiger partial charge in [0.1, 0.15) is 11.9 Å². The van der Waals surface area contributed by atoms with Crippen LogP contribution in [0.5, 0.6) is 5.75 Å². The number of aliphatic hydroxyl groups is 1. The van der Waals surface area contributed by atoms with Crippen LogP contribution in [0.1, 0.15) is 84.5 Å². The molecule has 0 saturated carbocycles. The van der Waals surface area contributed by atoms with Crippen LogP contribution < -0.4 is 9.73 Å². The number of piperidine rings is 1. The molecule has 1 atom stereocenters. The summed E-state index contributed by atoms with van der Waals surface area (Å²) in [5.41, 5.74) is 0.770. The summed E-state index contributed by atoms with van der Waals surface area (Å²) in [6, 6.07) is 7.68. The molecule has 1 saturated heterocycles. The van der Waals surface area contributed by atoms with Crippen molar-refractivity contribution in [2.45, 2.75) is 90.6 Å². The summed E-state index contributed by atoms with van der Waals surface area (Å²) in [6.45, 7) is 8.08. The van der Waals surface area contributed by atoms with Gasteiger partial charge in [0, 0.05) is 12.6 Å². The molecule has 1 aliphatic heterocycles. The van der Waals surface area contributed by atoms with Crippen molar-refractivity contribution in [1.82, 2.24) is 4.90 Å². The highest BCUT2D eigenvalue weighted by atomic mass is 16.6. The summed E-state index contributed by atoms with van der Waals surface area (Å²) in [5.74, 6) is 0.817. The first-order chi connectivity index (χ1) is 14.7. The van der Waals surface area contributed by atoms with Gasteiger partial charge in [0.2, 0.25) is 5.69 Å². The Bertz CT molecular complexity index is 600. The lowest BCUT2D eigenvalue weighted by molar-refractivity contribution is -0.383. The van der Waals surface area contributed by atoms with E-state index < -0.39 is 0 Å². The molecule has 0 bridgehead atoms. The van der Waals surface area contributed by atoms with Crippen molar-refractivity contribution in [3.8, 4) is 5.75 Å². The SMILES string of the molecule is CCCCCCCCCCOc1cccc([NH+]=C(O)O[C@@H](C)CN2CCCCC2)c1. The van der Waals surface area contributed by atoms with Crippen LogP contribution in [0.15, 0.2) is 24.3 Å². The Morgan fingerprint density at radius 3 is 2.47 bits per heavy atom. The summed E-state index contributed by atoms with van der Waals surface area (Å²) >= 11 is 0. The van der Waals surface area contributed by atoms with E-state index in [4.69, 9.17) is 9.47 Å². The lowest BCUT2D eigenvalue weighted by atomic mass is 10.1. The topological polar surface area (TPSA) is 55.9 Å². The quantitative estimate of drug-likeness (QED) is 0.260. The molecule has 2 rings (SSSR count). The van der Waals surface area contributed by atoms with Gasteiger partial charge < -0.3 is 14.6 Å². The molecule has 1 aromatic carbocycles. The van der Waals surface area contributed by atoms with Crippen molar-refractivity contribution in [2.24, 2.45) is 0 Å². The molecule has 0 amide bonds. The minimum atomic E-state index is -0.153. The number of hydrogen-bond donors (Lipinski definition) is 2. The molecule has 1 heterocycles. The minimum Gasteiger partial charge on any atom is -0.493 e. The first-order valence-electron chi connectivity index (χ1n) is 12.1. The van der Waals surface area contributed by atoms with E-state index in [0.717, 1.165) is 44.1 Å². The molecule has 30 heavy (non-hydrogen) atoms. The summed E-state index contributed by atoms with van der Waals surface area (Å²) in [5, 5.41) is 10.2. The average Bonchev–Trinajstić information content (AvgIpc) is 2.73. The molecule has 0 spiro atoms. The number of aliphatic hydroxyl groups excluding tert-OH is 1. The Morgan fingerprint density at radius 2 is 1.73 bits per heavy atom. The lowest BCUT2D eigenvalue weighted by Crippen LogP contribution is -2.67. The van der Waals surface area contributed by atoms with Gasteiger partial charge in [-0.1, -0.05) is 64.4 Å². The maximum atomic E-state index is 10.2. The molecule has 5 heteroatoms. The molecule has 1 aromatic rings. The van der Waals surface area contributed by atoms with Gasteiger partial charge >= 0.3 is 6.08 Å². The fraction of sp³-hybridized carbons (Fsp3) is 0.720. The van der Waals surface area contributed by atoms with Gasteiger partial charge in [0.05, 0.1) is 12.7 Å². The third-order valence-electron chi connectivity index (χ3n) is 5.63. The maximum absolute atomic E-state index is 10.2. The zero-order valence-corrected chi connectivity index (χ0v) is 19.2. The number of nitrogens with one attached hydrogen (secondary N) is 1. The van der Waals surface area contributed by atoms with Crippen LogP contribution in [0.25, 0.3) is 0 Å². The number of nitrogens with zero attached hydrogens (tertiary/aromatic N) is 1. The van der Waals surface area contributed by atoms with Crippen LogP contribution in [-0.2, 0) is 4.74 Å². The summed E-state index contributed by atoms with van der Waals surface area (Å²) in [7, 11) is 0. The molecule has 1 fully saturated rings. The van der Waals surface area contributed by atoms with E-state index in [1.54, 1.807) is 0 Å². The lowest BCUT2D eigenvalue weighted by Gasteiger charge is -2.28. The van der Waals surface area contributed by atoms with E-state index in [-0.39, 0.29) is 12.2 Å². The van der Waals surface area contributed by atoms with E-state index in [9.17, 15) is 5.11 Å². The molecule has 0 aliphatic carbocycles. The molecule has 5 nitrogen and oxygen atoms in total. The molecule has 2 N–H and O–H groups in total. The fourth-order valence-corrected chi connectivity index (χ4v) is 3.98. The highest BCUT2D eigenvalue weighted by molar-refractivity contribution is 5.59. The van der Waals surface area contributed by atoms with Gasteiger partial charge in [0.25, 0.3) is 0 Å². The van der Waals surface area contributed by atoms with Crippen molar-refractivity contribution in [3.05, 3.63) is 24.3 Å². The monoisotopic (exact) mass is 419 g/mol. The number of unbranched alkanes of at least 4 members (excludes halogenated alkanes) is 7. The second-order valence-electron chi connectivity index (χ2n) is 8.57. The van der Waals surface area contributed by atoms with Crippen molar-refractivity contribution >= 4 is 11.8 Å². The van der Waals surface area contributed by atoms with Crippen LogP contribution in [0.4, 0.5) is 5.69 Å². The molecule has 0 radical (unpaired) electrons. The Balaban J connectivity index is 1.65. The molecule has 0 unspecified atom stereocenters. The Kier molecular flexibility index (Phi) is 12.4. The van der Waals surface area contributed by atoms with Crippen LogP contribution >= 0.6 is 0 Å². The number of likely N-dealkylation sites (tertiary alicyclic amines) is 1. The minimum absolute atomic E-state index is 0.0583. The Morgan fingerprint density at radius 1 is 1.03 bits per heavy atom. The largest absolute Gasteiger partial charge is 0.551 e. The van der Waals surface area contributed by atoms with Crippen LogP contribution in [-0.4, -0.2) is 48.4 Å². The van der Waals surface area contributed by atoms with Crippen molar-refractivity contribution in [1.29, 1.82) is 0 Å². The number of ether oxygens (including phenoxy) is 2. The zero-order valence-electron chi connectivity index (χ0n) is 19.2. The first kappa shape index (κ1) is 24.5. The van der Waals surface area contributed by atoms with Gasteiger partial charge in [-0.3, -0.25) is 4.90 Å². The summed E-state index contributed by atoms with van der Waals surface area (Å²) in [4.78, 5) is 5.34. The van der Waals surface area contributed by atoms with Gasteiger partial charge in [-0.05, 0) is 45.3 Å². The smallest absolute Gasteiger partial charge is 0.493 e. The van der Waals surface area contributed by atoms with Crippen LogP contribution in [0, 0.1) is 0 Å².